The third-order valence-corrected chi connectivity index (χ3v) is 2.64. The average Bonchev–Trinajstić information content (AvgIpc) is 2.85. The molecule has 2 aromatic rings. The Balaban J connectivity index is 2.29. The monoisotopic (exact) mass is 235 g/mol. The Morgan fingerprint density at radius 2 is 2.24 bits per heavy atom. The van der Waals surface area contributed by atoms with Crippen LogP contribution in [0.4, 0.5) is 0 Å². The molecule has 0 bridgehead atoms. The van der Waals surface area contributed by atoms with E-state index in [2.05, 4.69) is 10.2 Å². The van der Waals surface area contributed by atoms with Gasteiger partial charge in [-0.1, -0.05) is 0 Å². The Morgan fingerprint density at radius 3 is 2.82 bits per heavy atom. The van der Waals surface area contributed by atoms with Crippen molar-refractivity contribution >= 4 is 0 Å². The van der Waals surface area contributed by atoms with Crippen LogP contribution in [0, 0.1) is 6.92 Å². The van der Waals surface area contributed by atoms with Crippen LogP contribution >= 0.6 is 0 Å². The first-order valence-electron chi connectivity index (χ1n) is 5.58. The summed E-state index contributed by atoms with van der Waals surface area (Å²) in [6, 6.07) is 0. The summed E-state index contributed by atoms with van der Waals surface area (Å²) in [4.78, 5) is 0. The van der Waals surface area contributed by atoms with E-state index in [1.807, 2.05) is 27.1 Å². The second-order valence-electron chi connectivity index (χ2n) is 3.83. The Hall–Kier alpha value is -1.82. The van der Waals surface area contributed by atoms with Gasteiger partial charge in [0.2, 0.25) is 5.88 Å². The lowest BCUT2D eigenvalue weighted by atomic mass is 10.2. The van der Waals surface area contributed by atoms with Gasteiger partial charge in [-0.25, -0.2) is 4.68 Å². The summed E-state index contributed by atoms with van der Waals surface area (Å²) >= 11 is 0. The third-order valence-electron chi connectivity index (χ3n) is 2.64. The van der Waals surface area contributed by atoms with Crippen molar-refractivity contribution in [2.24, 2.45) is 12.8 Å². The van der Waals surface area contributed by atoms with Gasteiger partial charge in [0.1, 0.15) is 0 Å². The fourth-order valence-electron chi connectivity index (χ4n) is 1.73. The van der Waals surface area contributed by atoms with Crippen LogP contribution in [-0.2, 0) is 20.1 Å². The Kier molecular flexibility index (Phi) is 3.14. The van der Waals surface area contributed by atoms with Crippen molar-refractivity contribution in [1.82, 2.24) is 19.6 Å². The van der Waals surface area contributed by atoms with Crippen molar-refractivity contribution < 1.29 is 4.74 Å². The number of nitrogens with zero attached hydrogens (tertiary/aromatic N) is 4. The predicted molar refractivity (Wildman–Crippen MR) is 63.8 cm³/mol. The zero-order valence-corrected chi connectivity index (χ0v) is 10.3. The van der Waals surface area contributed by atoms with Gasteiger partial charge in [0, 0.05) is 20.1 Å². The Bertz CT molecular complexity index is 514. The van der Waals surface area contributed by atoms with Gasteiger partial charge in [0.25, 0.3) is 0 Å². The lowest BCUT2D eigenvalue weighted by molar-refractivity contribution is 0.425. The number of rotatable bonds is 4. The number of aromatic nitrogens is 4. The summed E-state index contributed by atoms with van der Waals surface area (Å²) in [6.45, 7) is 5.18. The van der Waals surface area contributed by atoms with E-state index >= 15 is 0 Å². The van der Waals surface area contributed by atoms with Gasteiger partial charge >= 0.3 is 0 Å². The van der Waals surface area contributed by atoms with Crippen molar-refractivity contribution in [2.45, 2.75) is 26.9 Å². The Morgan fingerprint density at radius 1 is 1.47 bits per heavy atom. The number of hydrogen-bond donors (Lipinski definition) is 1. The van der Waals surface area contributed by atoms with Gasteiger partial charge in [-0.2, -0.15) is 10.2 Å². The topological polar surface area (TPSA) is 70.9 Å². The van der Waals surface area contributed by atoms with Crippen LogP contribution < -0.4 is 10.5 Å². The van der Waals surface area contributed by atoms with E-state index in [9.17, 15) is 0 Å². The van der Waals surface area contributed by atoms with Gasteiger partial charge in [-0.15, -0.1) is 0 Å². The smallest absolute Gasteiger partial charge is 0.222 e. The van der Waals surface area contributed by atoms with E-state index in [-0.39, 0.29) is 0 Å². The molecule has 0 aromatic carbocycles. The SMILES string of the molecule is CCn1cc(Oc2c(CN)c(C)nn2C)cn1. The number of aryl methyl sites for hydroxylation is 3. The minimum absolute atomic E-state index is 0.414. The standard InChI is InChI=1S/C11H17N5O/c1-4-16-7-9(6-13-16)17-11-10(5-12)8(2)14-15(11)3/h6-7H,4-5,12H2,1-3H3. The van der Waals surface area contributed by atoms with Crippen molar-refractivity contribution in [3.05, 3.63) is 23.7 Å². The van der Waals surface area contributed by atoms with Crippen LogP contribution in [0.25, 0.3) is 0 Å². The molecule has 0 saturated carbocycles. The molecule has 0 fully saturated rings. The van der Waals surface area contributed by atoms with Crippen molar-refractivity contribution in [1.29, 1.82) is 0 Å². The highest BCUT2D eigenvalue weighted by atomic mass is 16.5. The van der Waals surface area contributed by atoms with Crippen molar-refractivity contribution in [3.63, 3.8) is 0 Å². The van der Waals surface area contributed by atoms with Crippen molar-refractivity contribution in [2.75, 3.05) is 0 Å². The molecule has 2 N–H and O–H groups in total. The highest BCUT2D eigenvalue weighted by Crippen LogP contribution is 2.26. The molecule has 17 heavy (non-hydrogen) atoms. The highest BCUT2D eigenvalue weighted by Gasteiger charge is 2.14. The van der Waals surface area contributed by atoms with E-state index in [1.54, 1.807) is 15.6 Å². The molecule has 0 unspecified atom stereocenters. The molecule has 2 heterocycles. The molecular weight excluding hydrogens is 218 g/mol. The van der Waals surface area contributed by atoms with E-state index in [0.29, 0.717) is 18.2 Å². The van der Waals surface area contributed by atoms with E-state index in [4.69, 9.17) is 10.5 Å². The second kappa shape index (κ2) is 4.58. The zero-order chi connectivity index (χ0) is 12.4. The lowest BCUT2D eigenvalue weighted by Gasteiger charge is -2.05. The van der Waals surface area contributed by atoms with Crippen LogP contribution in [0.15, 0.2) is 12.4 Å². The van der Waals surface area contributed by atoms with E-state index in [0.717, 1.165) is 17.8 Å². The van der Waals surface area contributed by atoms with Gasteiger partial charge in [0.15, 0.2) is 5.75 Å². The van der Waals surface area contributed by atoms with Gasteiger partial charge in [-0.05, 0) is 13.8 Å². The molecule has 0 aliphatic heterocycles. The summed E-state index contributed by atoms with van der Waals surface area (Å²) in [5, 5.41) is 8.44. The minimum atomic E-state index is 0.414. The fourth-order valence-corrected chi connectivity index (χ4v) is 1.73. The first kappa shape index (κ1) is 11.7. The maximum absolute atomic E-state index is 5.77. The molecule has 92 valence electrons. The molecule has 0 aliphatic carbocycles. The summed E-state index contributed by atoms with van der Waals surface area (Å²) in [5.41, 5.74) is 7.52. The Labute approximate surface area is 100.0 Å². The molecule has 0 amide bonds. The minimum Gasteiger partial charge on any atom is -0.436 e. The highest BCUT2D eigenvalue weighted by molar-refractivity contribution is 5.34. The first-order chi connectivity index (χ1) is 8.15. The van der Waals surface area contributed by atoms with Gasteiger partial charge in [-0.3, -0.25) is 4.68 Å². The van der Waals surface area contributed by atoms with Crippen LogP contribution in [-0.4, -0.2) is 19.6 Å². The van der Waals surface area contributed by atoms with Crippen LogP contribution in [0.5, 0.6) is 11.6 Å². The average molecular weight is 235 g/mol. The molecule has 6 heteroatoms. The van der Waals surface area contributed by atoms with E-state index in [1.165, 1.54) is 0 Å². The lowest BCUT2D eigenvalue weighted by Crippen LogP contribution is -2.01. The fraction of sp³-hybridized carbons (Fsp3) is 0.455. The summed E-state index contributed by atoms with van der Waals surface area (Å²) in [7, 11) is 1.84. The zero-order valence-electron chi connectivity index (χ0n) is 10.3. The predicted octanol–water partition coefficient (Wildman–Crippen LogP) is 1.20. The normalized spacial score (nSPS) is 10.8. The number of nitrogens with two attached hydrogens (primary N) is 1. The first-order valence-corrected chi connectivity index (χ1v) is 5.58. The molecular formula is C11H17N5O. The number of hydrogen-bond acceptors (Lipinski definition) is 4. The third kappa shape index (κ3) is 2.16. The van der Waals surface area contributed by atoms with Gasteiger partial charge in [0.05, 0.1) is 23.7 Å². The molecule has 2 aromatic heterocycles. The maximum Gasteiger partial charge on any atom is 0.222 e. The summed E-state index contributed by atoms with van der Waals surface area (Å²) in [5.74, 6) is 1.38. The summed E-state index contributed by atoms with van der Waals surface area (Å²) in [6.07, 6.45) is 3.54. The van der Waals surface area contributed by atoms with Crippen LogP contribution in [0.3, 0.4) is 0 Å². The van der Waals surface area contributed by atoms with E-state index < -0.39 is 0 Å². The molecule has 0 atom stereocenters. The molecule has 2 rings (SSSR count). The van der Waals surface area contributed by atoms with Crippen molar-refractivity contribution in [3.8, 4) is 11.6 Å². The number of ether oxygens (including phenoxy) is 1. The van der Waals surface area contributed by atoms with Crippen LogP contribution in [0.1, 0.15) is 18.2 Å². The van der Waals surface area contributed by atoms with Gasteiger partial charge < -0.3 is 10.5 Å². The van der Waals surface area contributed by atoms with Crippen LogP contribution in [0.2, 0.25) is 0 Å². The second-order valence-corrected chi connectivity index (χ2v) is 3.83. The molecule has 0 radical (unpaired) electrons. The molecule has 0 aliphatic rings. The molecule has 0 saturated heterocycles. The largest absolute Gasteiger partial charge is 0.436 e. The summed E-state index contributed by atoms with van der Waals surface area (Å²) < 4.78 is 9.27. The molecule has 6 nitrogen and oxygen atoms in total. The maximum atomic E-state index is 5.77. The molecule has 0 spiro atoms. The quantitative estimate of drug-likeness (QED) is 0.864.